The van der Waals surface area contributed by atoms with E-state index in [-0.39, 0.29) is 0 Å². The molecule has 1 aliphatic rings. The van der Waals surface area contributed by atoms with Gasteiger partial charge < -0.3 is 21.4 Å². The smallest absolute Gasteiger partial charge is 0.179 e. The standard InChI is InChI=1S/C18H18N8/c19-16-9-21-18-14(23-12-4-5-12)7-17(25-26(16)18)24-13-3-1-2-11(6-13)15-8-20-10-22-15/h1-3,6-10,12,23H,4-5,19H2,(H,20,22)(H,24,25). The maximum Gasteiger partial charge on any atom is 0.179 e. The highest BCUT2D eigenvalue weighted by atomic mass is 15.3. The third-order valence-corrected chi connectivity index (χ3v) is 4.36. The fraction of sp³-hybridized carbons (Fsp3) is 0.167. The summed E-state index contributed by atoms with van der Waals surface area (Å²) in [6.07, 6.45) is 7.52. The summed E-state index contributed by atoms with van der Waals surface area (Å²) < 4.78 is 1.66. The van der Waals surface area contributed by atoms with Crippen LogP contribution in [0.15, 0.2) is 49.1 Å². The highest BCUT2D eigenvalue weighted by Gasteiger charge is 2.23. The van der Waals surface area contributed by atoms with Crippen LogP contribution in [0.3, 0.4) is 0 Å². The Labute approximate surface area is 149 Å². The quantitative estimate of drug-likeness (QED) is 0.442. The van der Waals surface area contributed by atoms with Crippen molar-refractivity contribution < 1.29 is 0 Å². The number of benzene rings is 1. The zero-order chi connectivity index (χ0) is 17.5. The van der Waals surface area contributed by atoms with Gasteiger partial charge in [-0.15, -0.1) is 5.10 Å². The van der Waals surface area contributed by atoms with E-state index < -0.39 is 0 Å². The van der Waals surface area contributed by atoms with Crippen LogP contribution in [0.2, 0.25) is 0 Å². The molecule has 26 heavy (non-hydrogen) atoms. The molecule has 0 radical (unpaired) electrons. The van der Waals surface area contributed by atoms with E-state index in [9.17, 15) is 0 Å². The van der Waals surface area contributed by atoms with E-state index in [0.717, 1.165) is 28.3 Å². The fourth-order valence-corrected chi connectivity index (χ4v) is 2.92. The van der Waals surface area contributed by atoms with E-state index in [2.05, 4.69) is 30.7 Å². The van der Waals surface area contributed by atoms with Gasteiger partial charge in [0.2, 0.25) is 0 Å². The molecule has 3 heterocycles. The lowest BCUT2D eigenvalue weighted by Crippen LogP contribution is -2.08. The van der Waals surface area contributed by atoms with Crippen LogP contribution < -0.4 is 16.4 Å². The lowest BCUT2D eigenvalue weighted by Gasteiger charge is -2.11. The lowest BCUT2D eigenvalue weighted by atomic mass is 10.1. The minimum atomic E-state index is 0.507. The number of nitrogens with zero attached hydrogens (tertiary/aromatic N) is 4. The normalized spacial score (nSPS) is 13.8. The molecule has 0 saturated heterocycles. The summed E-state index contributed by atoms with van der Waals surface area (Å²) in [6, 6.07) is 10.5. The number of hydrogen-bond donors (Lipinski definition) is 4. The number of aromatic amines is 1. The van der Waals surface area contributed by atoms with E-state index in [1.807, 2.05) is 36.5 Å². The molecular weight excluding hydrogens is 328 g/mol. The first-order valence-electron chi connectivity index (χ1n) is 8.53. The molecular formula is C18H18N8. The first kappa shape index (κ1) is 14.8. The molecule has 0 atom stereocenters. The van der Waals surface area contributed by atoms with Crippen LogP contribution in [0, 0.1) is 0 Å². The summed E-state index contributed by atoms with van der Waals surface area (Å²) in [5.41, 5.74) is 10.5. The molecule has 0 spiro atoms. The highest BCUT2D eigenvalue weighted by Crippen LogP contribution is 2.30. The first-order valence-corrected chi connectivity index (χ1v) is 8.53. The molecule has 4 aromatic rings. The van der Waals surface area contributed by atoms with Crippen LogP contribution in [-0.4, -0.2) is 30.6 Å². The number of rotatable bonds is 5. The molecule has 5 rings (SSSR count). The van der Waals surface area contributed by atoms with Crippen molar-refractivity contribution in [3.63, 3.8) is 0 Å². The molecule has 1 aliphatic carbocycles. The van der Waals surface area contributed by atoms with Gasteiger partial charge in [-0.25, -0.2) is 9.97 Å². The number of hydrogen-bond acceptors (Lipinski definition) is 6. The Morgan fingerprint density at radius 2 is 2.12 bits per heavy atom. The Kier molecular flexibility index (Phi) is 3.27. The zero-order valence-electron chi connectivity index (χ0n) is 14.0. The molecule has 1 fully saturated rings. The number of nitrogens with one attached hydrogen (secondary N) is 3. The number of imidazole rings is 2. The summed E-state index contributed by atoms with van der Waals surface area (Å²) in [4.78, 5) is 11.6. The SMILES string of the molecule is Nc1cnc2c(NC3CC3)cc(Nc3cccc(-c4c[nH]cn4)c3)nn12. The van der Waals surface area contributed by atoms with Crippen molar-refractivity contribution in [2.45, 2.75) is 18.9 Å². The molecule has 0 amide bonds. The Morgan fingerprint density at radius 1 is 1.19 bits per heavy atom. The van der Waals surface area contributed by atoms with Crippen LogP contribution in [0.5, 0.6) is 0 Å². The van der Waals surface area contributed by atoms with Gasteiger partial charge in [0.15, 0.2) is 11.5 Å². The van der Waals surface area contributed by atoms with Crippen LogP contribution >= 0.6 is 0 Å². The van der Waals surface area contributed by atoms with Gasteiger partial charge in [-0.3, -0.25) is 0 Å². The van der Waals surface area contributed by atoms with Crippen molar-refractivity contribution in [2.75, 3.05) is 16.4 Å². The molecule has 1 saturated carbocycles. The summed E-state index contributed by atoms with van der Waals surface area (Å²) in [7, 11) is 0. The van der Waals surface area contributed by atoms with Gasteiger partial charge in [0.1, 0.15) is 5.82 Å². The predicted octanol–water partition coefficient (Wildman–Crippen LogP) is 3.02. The van der Waals surface area contributed by atoms with Crippen molar-refractivity contribution >= 4 is 28.7 Å². The average molecular weight is 346 g/mol. The summed E-state index contributed by atoms with van der Waals surface area (Å²) >= 11 is 0. The molecule has 1 aromatic carbocycles. The molecule has 8 heteroatoms. The topological polar surface area (TPSA) is 109 Å². The van der Waals surface area contributed by atoms with Gasteiger partial charge in [-0.1, -0.05) is 12.1 Å². The molecule has 3 aromatic heterocycles. The monoisotopic (exact) mass is 346 g/mol. The summed E-state index contributed by atoms with van der Waals surface area (Å²) in [5.74, 6) is 1.21. The number of nitrogens with two attached hydrogens (primary N) is 1. The minimum Gasteiger partial charge on any atom is -0.382 e. The summed E-state index contributed by atoms with van der Waals surface area (Å²) in [6.45, 7) is 0. The van der Waals surface area contributed by atoms with Crippen LogP contribution in [0.4, 0.5) is 23.0 Å². The molecule has 0 aliphatic heterocycles. The summed E-state index contributed by atoms with van der Waals surface area (Å²) in [5, 5.41) is 11.4. The van der Waals surface area contributed by atoms with Crippen LogP contribution in [-0.2, 0) is 0 Å². The molecule has 0 unspecified atom stereocenters. The average Bonchev–Trinajstić information content (AvgIpc) is 3.15. The molecule has 130 valence electrons. The maximum atomic E-state index is 6.01. The number of H-pyrrole nitrogens is 1. The van der Waals surface area contributed by atoms with Gasteiger partial charge in [-0.2, -0.15) is 4.52 Å². The molecule has 0 bridgehead atoms. The van der Waals surface area contributed by atoms with Crippen LogP contribution in [0.1, 0.15) is 12.8 Å². The van der Waals surface area contributed by atoms with Crippen LogP contribution in [0.25, 0.3) is 16.9 Å². The van der Waals surface area contributed by atoms with Crippen molar-refractivity contribution in [2.24, 2.45) is 0 Å². The minimum absolute atomic E-state index is 0.507. The Bertz CT molecular complexity index is 1060. The van der Waals surface area contributed by atoms with Gasteiger partial charge in [0.05, 0.1) is 23.9 Å². The maximum absolute atomic E-state index is 6.01. The second kappa shape index (κ2) is 5.76. The van der Waals surface area contributed by atoms with E-state index in [1.165, 1.54) is 12.8 Å². The second-order valence-electron chi connectivity index (χ2n) is 6.44. The van der Waals surface area contributed by atoms with E-state index in [4.69, 9.17) is 5.73 Å². The zero-order valence-corrected chi connectivity index (χ0v) is 14.0. The highest BCUT2D eigenvalue weighted by molar-refractivity contribution is 5.75. The third kappa shape index (κ3) is 2.71. The van der Waals surface area contributed by atoms with Gasteiger partial charge in [0.25, 0.3) is 0 Å². The Morgan fingerprint density at radius 3 is 2.92 bits per heavy atom. The first-order chi connectivity index (χ1) is 12.8. The molecule has 5 N–H and O–H groups in total. The van der Waals surface area contributed by atoms with Crippen molar-refractivity contribution in [1.82, 2.24) is 24.6 Å². The number of anilines is 4. The Hall–Kier alpha value is -3.55. The Balaban J connectivity index is 1.51. The second-order valence-corrected chi connectivity index (χ2v) is 6.44. The fourth-order valence-electron chi connectivity index (χ4n) is 2.92. The third-order valence-electron chi connectivity index (χ3n) is 4.36. The van der Waals surface area contributed by atoms with Gasteiger partial charge >= 0.3 is 0 Å². The predicted molar refractivity (Wildman–Crippen MR) is 101 cm³/mol. The number of aromatic nitrogens is 5. The number of fused-ring (bicyclic) bond motifs is 1. The van der Waals surface area contributed by atoms with E-state index in [0.29, 0.717) is 17.7 Å². The molecule has 8 nitrogen and oxygen atoms in total. The van der Waals surface area contributed by atoms with Gasteiger partial charge in [0, 0.05) is 29.6 Å². The van der Waals surface area contributed by atoms with Crippen molar-refractivity contribution in [3.8, 4) is 11.3 Å². The van der Waals surface area contributed by atoms with E-state index in [1.54, 1.807) is 17.0 Å². The number of nitrogen functional groups attached to an aromatic ring is 1. The lowest BCUT2D eigenvalue weighted by molar-refractivity contribution is 0.949. The van der Waals surface area contributed by atoms with Crippen molar-refractivity contribution in [1.29, 1.82) is 0 Å². The van der Waals surface area contributed by atoms with Gasteiger partial charge in [-0.05, 0) is 25.0 Å². The largest absolute Gasteiger partial charge is 0.382 e. The van der Waals surface area contributed by atoms with Crippen molar-refractivity contribution in [3.05, 3.63) is 49.1 Å². The van der Waals surface area contributed by atoms with E-state index >= 15 is 0 Å².